The zero-order valence-electron chi connectivity index (χ0n) is 25.1. The number of rotatable bonds is 25. The summed E-state index contributed by atoms with van der Waals surface area (Å²) in [5, 5.41) is 0. The van der Waals surface area contributed by atoms with Crippen molar-refractivity contribution in [2.45, 2.75) is 117 Å². The lowest BCUT2D eigenvalue weighted by Gasteiger charge is -2.29. The molecule has 0 unspecified atom stereocenters. The van der Waals surface area contributed by atoms with Gasteiger partial charge in [-0.3, -0.25) is 9.59 Å². The van der Waals surface area contributed by atoms with Gasteiger partial charge in [-0.15, -0.1) is 0 Å². The maximum absolute atomic E-state index is 12.0. The summed E-state index contributed by atoms with van der Waals surface area (Å²) in [5.41, 5.74) is 0. The topological polar surface area (TPSA) is 52.6 Å². The molecule has 0 radical (unpaired) electrons. The highest BCUT2D eigenvalue weighted by Gasteiger charge is 2.17. The lowest BCUT2D eigenvalue weighted by atomic mass is 10.1. The number of esters is 2. The number of quaternary nitrogens is 2. The van der Waals surface area contributed by atoms with Crippen LogP contribution >= 0.6 is 0 Å². The molecular formula is C30H62N2O4+2. The van der Waals surface area contributed by atoms with E-state index in [4.69, 9.17) is 9.47 Å². The molecule has 0 aromatic heterocycles. The fourth-order valence-corrected chi connectivity index (χ4v) is 4.36. The number of hydrogen-bond acceptors (Lipinski definition) is 4. The predicted molar refractivity (Wildman–Crippen MR) is 151 cm³/mol. The zero-order chi connectivity index (χ0) is 27.1. The molecule has 0 amide bonds. The maximum Gasteiger partial charge on any atom is 0.305 e. The van der Waals surface area contributed by atoms with Crippen LogP contribution in [0.15, 0.2) is 0 Å². The van der Waals surface area contributed by atoms with Crippen LogP contribution < -0.4 is 0 Å². The fourth-order valence-electron chi connectivity index (χ4n) is 4.36. The molecule has 0 saturated carbocycles. The van der Waals surface area contributed by atoms with E-state index in [1.807, 2.05) is 0 Å². The second kappa shape index (κ2) is 21.9. The van der Waals surface area contributed by atoms with Crippen LogP contribution in [0, 0.1) is 0 Å². The van der Waals surface area contributed by atoms with Crippen molar-refractivity contribution in [3.63, 3.8) is 0 Å². The standard InChI is InChI=1S/C30H62N2O4/c1-7-9-11-13-15-19-23-31(3,4)25-27-35-29(33)21-17-18-22-30(34)36-28-26-32(5,6)24-20-16-14-12-10-8-2/h7-28H2,1-6H3/q+2. The molecule has 0 aliphatic rings. The van der Waals surface area contributed by atoms with Gasteiger partial charge in [0.25, 0.3) is 0 Å². The van der Waals surface area contributed by atoms with Crippen molar-refractivity contribution in [1.29, 1.82) is 0 Å². The molecule has 0 N–H and O–H groups in total. The van der Waals surface area contributed by atoms with E-state index in [1.54, 1.807) is 0 Å². The number of hydrogen-bond donors (Lipinski definition) is 0. The summed E-state index contributed by atoms with van der Waals surface area (Å²) in [7, 11) is 8.83. The maximum atomic E-state index is 12.0. The van der Waals surface area contributed by atoms with E-state index in [9.17, 15) is 9.59 Å². The first-order valence-corrected chi connectivity index (χ1v) is 15.1. The lowest BCUT2D eigenvalue weighted by molar-refractivity contribution is -0.890. The fraction of sp³-hybridized carbons (Fsp3) is 0.933. The molecular weight excluding hydrogens is 452 g/mol. The Bertz CT molecular complexity index is 501. The Labute approximate surface area is 224 Å². The van der Waals surface area contributed by atoms with E-state index >= 15 is 0 Å². The van der Waals surface area contributed by atoms with E-state index < -0.39 is 0 Å². The van der Waals surface area contributed by atoms with Gasteiger partial charge >= 0.3 is 11.9 Å². The lowest BCUT2D eigenvalue weighted by Crippen LogP contribution is -2.43. The first-order valence-electron chi connectivity index (χ1n) is 15.1. The summed E-state index contributed by atoms with van der Waals surface area (Å²) in [5.74, 6) is -0.312. The summed E-state index contributed by atoms with van der Waals surface area (Å²) in [6, 6.07) is 0. The van der Waals surface area contributed by atoms with E-state index in [0.29, 0.717) is 38.9 Å². The Balaban J connectivity index is 3.73. The summed E-state index contributed by atoms with van der Waals surface area (Å²) in [6.45, 7) is 9.38. The molecule has 0 saturated heterocycles. The molecule has 0 spiro atoms. The van der Waals surface area contributed by atoms with Gasteiger partial charge in [0.15, 0.2) is 0 Å². The molecule has 0 aromatic carbocycles. The zero-order valence-corrected chi connectivity index (χ0v) is 25.1. The summed E-state index contributed by atoms with van der Waals surface area (Å²) in [4.78, 5) is 24.1. The second-order valence-electron chi connectivity index (χ2n) is 11.9. The Morgan fingerprint density at radius 2 is 0.806 bits per heavy atom. The quantitative estimate of drug-likeness (QED) is 0.0792. The number of likely N-dealkylation sites (N-methyl/N-ethyl adjacent to an activating group) is 2. The van der Waals surface area contributed by atoms with Crippen molar-refractivity contribution >= 4 is 11.9 Å². The number of unbranched alkanes of at least 4 members (excludes halogenated alkanes) is 11. The summed E-state index contributed by atoms with van der Waals surface area (Å²) < 4.78 is 12.6. The van der Waals surface area contributed by atoms with Crippen LogP contribution in [0.3, 0.4) is 0 Å². The van der Waals surface area contributed by atoms with E-state index in [2.05, 4.69) is 42.0 Å². The van der Waals surface area contributed by atoms with Crippen molar-refractivity contribution in [3.8, 4) is 0 Å². The van der Waals surface area contributed by atoms with Crippen molar-refractivity contribution < 1.29 is 28.0 Å². The van der Waals surface area contributed by atoms with Crippen LogP contribution in [0.1, 0.15) is 117 Å². The molecule has 6 nitrogen and oxygen atoms in total. The normalized spacial score (nSPS) is 12.1. The number of ether oxygens (including phenoxy) is 2. The van der Waals surface area contributed by atoms with Crippen molar-refractivity contribution in [2.24, 2.45) is 0 Å². The first-order chi connectivity index (χ1) is 17.1. The van der Waals surface area contributed by atoms with Crippen LogP contribution in [0.2, 0.25) is 0 Å². The van der Waals surface area contributed by atoms with Gasteiger partial charge in [-0.2, -0.15) is 0 Å². The van der Waals surface area contributed by atoms with Gasteiger partial charge in [-0.25, -0.2) is 0 Å². The molecule has 36 heavy (non-hydrogen) atoms. The highest BCUT2D eigenvalue weighted by molar-refractivity contribution is 5.70. The smallest absolute Gasteiger partial charge is 0.305 e. The molecule has 0 bridgehead atoms. The monoisotopic (exact) mass is 514 g/mol. The molecule has 214 valence electrons. The molecule has 0 aliphatic heterocycles. The third kappa shape index (κ3) is 23.3. The highest BCUT2D eigenvalue weighted by Crippen LogP contribution is 2.10. The molecule has 0 atom stereocenters. The third-order valence-corrected chi connectivity index (χ3v) is 7.17. The average Bonchev–Trinajstić information content (AvgIpc) is 2.81. The third-order valence-electron chi connectivity index (χ3n) is 7.17. The Kier molecular flexibility index (Phi) is 21.2. The second-order valence-corrected chi connectivity index (χ2v) is 11.9. The van der Waals surface area contributed by atoms with Gasteiger partial charge in [-0.1, -0.05) is 65.2 Å². The van der Waals surface area contributed by atoms with Crippen LogP contribution in [-0.2, 0) is 19.1 Å². The highest BCUT2D eigenvalue weighted by atomic mass is 16.5. The van der Waals surface area contributed by atoms with Crippen LogP contribution in [0.5, 0.6) is 0 Å². The minimum absolute atomic E-state index is 0.156. The van der Waals surface area contributed by atoms with Gasteiger partial charge in [0.2, 0.25) is 0 Å². The number of carbonyl (C=O) groups is 2. The molecule has 0 aromatic rings. The Morgan fingerprint density at radius 3 is 1.17 bits per heavy atom. The van der Waals surface area contributed by atoms with Crippen LogP contribution in [0.25, 0.3) is 0 Å². The number of carbonyl (C=O) groups excluding carboxylic acids is 2. The van der Waals surface area contributed by atoms with Gasteiger partial charge in [0, 0.05) is 12.8 Å². The predicted octanol–water partition coefficient (Wildman–Crippen LogP) is 6.51. The minimum atomic E-state index is -0.156. The SMILES string of the molecule is CCCCCCCC[N+](C)(C)CCOC(=O)CCCCC(=O)OCC[N+](C)(C)CCCCCCCC. The molecule has 0 rings (SSSR count). The van der Waals surface area contributed by atoms with E-state index in [1.165, 1.54) is 77.0 Å². The largest absolute Gasteiger partial charge is 0.460 e. The molecule has 0 heterocycles. The van der Waals surface area contributed by atoms with Gasteiger partial charge < -0.3 is 18.4 Å². The average molecular weight is 515 g/mol. The van der Waals surface area contributed by atoms with Gasteiger partial charge in [-0.05, 0) is 38.5 Å². The minimum Gasteiger partial charge on any atom is -0.460 e. The van der Waals surface area contributed by atoms with Gasteiger partial charge in [0.1, 0.15) is 26.3 Å². The summed E-state index contributed by atoms with van der Waals surface area (Å²) >= 11 is 0. The van der Waals surface area contributed by atoms with Crippen LogP contribution in [-0.4, -0.2) is 88.5 Å². The Morgan fingerprint density at radius 1 is 0.472 bits per heavy atom. The Hall–Kier alpha value is -1.14. The number of nitrogens with zero attached hydrogens (tertiary/aromatic N) is 2. The first kappa shape index (κ1) is 34.9. The van der Waals surface area contributed by atoms with Crippen molar-refractivity contribution in [1.82, 2.24) is 0 Å². The van der Waals surface area contributed by atoms with Crippen molar-refractivity contribution in [2.75, 3.05) is 67.6 Å². The summed E-state index contributed by atoms with van der Waals surface area (Å²) in [6.07, 6.45) is 17.7. The van der Waals surface area contributed by atoms with E-state index in [-0.39, 0.29) is 11.9 Å². The van der Waals surface area contributed by atoms with Gasteiger partial charge in [0.05, 0.1) is 41.3 Å². The van der Waals surface area contributed by atoms with Crippen LogP contribution in [0.4, 0.5) is 0 Å². The molecule has 0 aliphatic carbocycles. The van der Waals surface area contributed by atoms with E-state index in [0.717, 1.165) is 35.1 Å². The van der Waals surface area contributed by atoms with Crippen molar-refractivity contribution in [3.05, 3.63) is 0 Å². The molecule has 0 fully saturated rings. The molecule has 6 heteroatoms.